The Morgan fingerprint density at radius 2 is 2.00 bits per heavy atom. The lowest BCUT2D eigenvalue weighted by Crippen LogP contribution is -2.28. The summed E-state index contributed by atoms with van der Waals surface area (Å²) in [5.41, 5.74) is 7.43. The number of nitrogens with two attached hydrogens (primary N) is 1. The molecule has 0 saturated carbocycles. The zero-order chi connectivity index (χ0) is 17.0. The van der Waals surface area contributed by atoms with Gasteiger partial charge in [0.25, 0.3) is 0 Å². The van der Waals surface area contributed by atoms with Crippen molar-refractivity contribution in [3.63, 3.8) is 0 Å². The number of halogens is 1. The highest BCUT2D eigenvalue weighted by molar-refractivity contribution is 7.15. The molecular formula is C17H22FN3OS. The number of aromatic nitrogens is 1. The molecule has 0 aliphatic carbocycles. The van der Waals surface area contributed by atoms with Crippen LogP contribution < -0.4 is 11.1 Å². The maximum absolute atomic E-state index is 13.0. The fourth-order valence-corrected chi connectivity index (χ4v) is 3.34. The molecule has 0 fully saturated rings. The number of carbonyl (C=O) groups excluding carboxylic acids is 1. The quantitative estimate of drug-likeness (QED) is 0.848. The van der Waals surface area contributed by atoms with Crippen LogP contribution in [0.15, 0.2) is 24.3 Å². The molecule has 0 radical (unpaired) electrons. The van der Waals surface area contributed by atoms with Crippen molar-refractivity contribution in [1.82, 2.24) is 10.3 Å². The van der Waals surface area contributed by atoms with E-state index in [2.05, 4.69) is 10.3 Å². The monoisotopic (exact) mass is 335 g/mol. The Kier molecular flexibility index (Phi) is 5.85. The van der Waals surface area contributed by atoms with Crippen molar-refractivity contribution in [1.29, 1.82) is 0 Å². The molecule has 2 unspecified atom stereocenters. The van der Waals surface area contributed by atoms with Gasteiger partial charge >= 0.3 is 0 Å². The fourth-order valence-electron chi connectivity index (χ4n) is 2.26. The van der Waals surface area contributed by atoms with E-state index in [1.807, 2.05) is 20.8 Å². The van der Waals surface area contributed by atoms with Gasteiger partial charge in [-0.2, -0.15) is 0 Å². The lowest BCUT2D eigenvalue weighted by atomic mass is 10.1. The van der Waals surface area contributed by atoms with Gasteiger partial charge in [0.1, 0.15) is 10.8 Å². The Hall–Kier alpha value is -1.79. The summed E-state index contributed by atoms with van der Waals surface area (Å²) >= 11 is 1.52. The van der Waals surface area contributed by atoms with Crippen LogP contribution in [0.25, 0.3) is 10.6 Å². The van der Waals surface area contributed by atoms with Gasteiger partial charge in [0.2, 0.25) is 5.91 Å². The predicted octanol–water partition coefficient (Wildman–Crippen LogP) is 3.56. The van der Waals surface area contributed by atoms with Crippen LogP contribution in [0.4, 0.5) is 4.39 Å². The molecule has 0 aliphatic rings. The standard InChI is InChI=1S/C17H22FN3OS/c1-10(19)4-9-15(22)20-11(2)16-12(3)21-17(23-16)13-5-7-14(18)8-6-13/h5-8,10-11H,4,9,19H2,1-3H3,(H,20,22). The molecule has 0 aliphatic heterocycles. The van der Waals surface area contributed by atoms with Crippen molar-refractivity contribution < 1.29 is 9.18 Å². The van der Waals surface area contributed by atoms with Gasteiger partial charge in [0, 0.05) is 18.0 Å². The minimum atomic E-state index is -0.267. The SMILES string of the molecule is Cc1nc(-c2ccc(F)cc2)sc1C(C)NC(=O)CCC(C)N. The molecule has 0 spiro atoms. The first-order chi connectivity index (χ1) is 10.9. The average Bonchev–Trinajstić information content (AvgIpc) is 2.88. The highest BCUT2D eigenvalue weighted by atomic mass is 32.1. The summed E-state index contributed by atoms with van der Waals surface area (Å²) in [6, 6.07) is 6.18. The van der Waals surface area contributed by atoms with E-state index in [0.29, 0.717) is 12.8 Å². The van der Waals surface area contributed by atoms with Gasteiger partial charge in [0.15, 0.2) is 0 Å². The zero-order valence-corrected chi connectivity index (χ0v) is 14.4. The van der Waals surface area contributed by atoms with E-state index in [0.717, 1.165) is 21.1 Å². The van der Waals surface area contributed by atoms with Crippen molar-refractivity contribution in [3.05, 3.63) is 40.7 Å². The third-order valence-electron chi connectivity index (χ3n) is 3.52. The summed E-state index contributed by atoms with van der Waals surface area (Å²) < 4.78 is 13.0. The lowest BCUT2D eigenvalue weighted by molar-refractivity contribution is -0.121. The number of hydrogen-bond donors (Lipinski definition) is 2. The van der Waals surface area contributed by atoms with Crippen molar-refractivity contribution >= 4 is 17.2 Å². The second-order valence-electron chi connectivity index (χ2n) is 5.78. The van der Waals surface area contributed by atoms with E-state index in [1.165, 1.54) is 23.5 Å². The summed E-state index contributed by atoms with van der Waals surface area (Å²) in [7, 11) is 0. The van der Waals surface area contributed by atoms with E-state index in [-0.39, 0.29) is 23.8 Å². The van der Waals surface area contributed by atoms with Gasteiger partial charge < -0.3 is 11.1 Å². The second kappa shape index (κ2) is 7.66. The predicted molar refractivity (Wildman–Crippen MR) is 91.7 cm³/mol. The van der Waals surface area contributed by atoms with Gasteiger partial charge in [0.05, 0.1) is 16.6 Å². The molecule has 23 heavy (non-hydrogen) atoms. The molecule has 0 saturated heterocycles. The van der Waals surface area contributed by atoms with Crippen molar-refractivity contribution in [2.75, 3.05) is 0 Å². The molecule has 2 aromatic rings. The van der Waals surface area contributed by atoms with Crippen LogP contribution >= 0.6 is 11.3 Å². The number of rotatable bonds is 6. The molecule has 1 aromatic heterocycles. The van der Waals surface area contributed by atoms with Crippen LogP contribution in [0, 0.1) is 12.7 Å². The molecule has 1 heterocycles. The summed E-state index contributed by atoms with van der Waals surface area (Å²) in [5.74, 6) is -0.275. The van der Waals surface area contributed by atoms with Crippen LogP contribution in [0.3, 0.4) is 0 Å². The third kappa shape index (κ3) is 4.84. The highest BCUT2D eigenvalue weighted by Gasteiger charge is 2.17. The molecule has 6 heteroatoms. The van der Waals surface area contributed by atoms with Gasteiger partial charge in [-0.15, -0.1) is 11.3 Å². The molecule has 1 aromatic carbocycles. The normalized spacial score (nSPS) is 13.6. The number of aryl methyl sites for hydroxylation is 1. The van der Waals surface area contributed by atoms with E-state index >= 15 is 0 Å². The van der Waals surface area contributed by atoms with E-state index in [1.54, 1.807) is 12.1 Å². The number of benzene rings is 1. The van der Waals surface area contributed by atoms with Crippen LogP contribution in [-0.4, -0.2) is 16.9 Å². The topological polar surface area (TPSA) is 68.0 Å². The van der Waals surface area contributed by atoms with Crippen molar-refractivity contribution in [2.24, 2.45) is 5.73 Å². The number of amides is 1. The number of nitrogens with one attached hydrogen (secondary N) is 1. The molecule has 2 atom stereocenters. The van der Waals surface area contributed by atoms with Crippen LogP contribution in [-0.2, 0) is 4.79 Å². The molecular weight excluding hydrogens is 313 g/mol. The van der Waals surface area contributed by atoms with Crippen LogP contribution in [0.2, 0.25) is 0 Å². The molecule has 124 valence electrons. The molecule has 2 rings (SSSR count). The zero-order valence-electron chi connectivity index (χ0n) is 13.6. The van der Waals surface area contributed by atoms with Crippen molar-refractivity contribution in [2.45, 2.75) is 45.7 Å². The van der Waals surface area contributed by atoms with Crippen LogP contribution in [0.5, 0.6) is 0 Å². The smallest absolute Gasteiger partial charge is 0.220 e. The number of hydrogen-bond acceptors (Lipinski definition) is 4. The Balaban J connectivity index is 2.08. The Bertz CT molecular complexity index is 667. The van der Waals surface area contributed by atoms with Crippen LogP contribution in [0.1, 0.15) is 43.3 Å². The fraction of sp³-hybridized carbons (Fsp3) is 0.412. The average molecular weight is 335 g/mol. The van der Waals surface area contributed by atoms with Gasteiger partial charge in [-0.05, 0) is 51.5 Å². The first-order valence-corrected chi connectivity index (χ1v) is 8.46. The first-order valence-electron chi connectivity index (χ1n) is 7.65. The molecule has 4 nitrogen and oxygen atoms in total. The number of thiazole rings is 1. The van der Waals surface area contributed by atoms with E-state index < -0.39 is 0 Å². The van der Waals surface area contributed by atoms with Gasteiger partial charge in [-0.25, -0.2) is 9.37 Å². The first kappa shape index (κ1) is 17.6. The highest BCUT2D eigenvalue weighted by Crippen LogP contribution is 2.31. The van der Waals surface area contributed by atoms with E-state index in [4.69, 9.17) is 5.73 Å². The second-order valence-corrected chi connectivity index (χ2v) is 6.81. The van der Waals surface area contributed by atoms with Gasteiger partial charge in [-0.3, -0.25) is 4.79 Å². The van der Waals surface area contributed by atoms with Crippen molar-refractivity contribution in [3.8, 4) is 10.6 Å². The maximum atomic E-state index is 13.0. The summed E-state index contributed by atoms with van der Waals surface area (Å²) in [6.45, 7) is 5.75. The molecule has 0 bridgehead atoms. The van der Waals surface area contributed by atoms with Gasteiger partial charge in [-0.1, -0.05) is 0 Å². The minimum absolute atomic E-state index is 0.00840. The Morgan fingerprint density at radius 1 is 1.35 bits per heavy atom. The number of nitrogens with zero attached hydrogens (tertiary/aromatic N) is 1. The Morgan fingerprint density at radius 3 is 2.61 bits per heavy atom. The summed E-state index contributed by atoms with van der Waals surface area (Å²) in [6.07, 6.45) is 1.09. The molecule has 1 amide bonds. The third-order valence-corrected chi connectivity index (χ3v) is 4.91. The summed E-state index contributed by atoms with van der Waals surface area (Å²) in [4.78, 5) is 17.5. The largest absolute Gasteiger partial charge is 0.349 e. The Labute approximate surface area is 139 Å². The summed E-state index contributed by atoms with van der Waals surface area (Å²) in [5, 5.41) is 3.81. The molecule has 3 N–H and O–H groups in total. The van der Waals surface area contributed by atoms with E-state index in [9.17, 15) is 9.18 Å². The maximum Gasteiger partial charge on any atom is 0.220 e. The number of carbonyl (C=O) groups is 1. The lowest BCUT2D eigenvalue weighted by Gasteiger charge is -2.13. The minimum Gasteiger partial charge on any atom is -0.349 e.